The molecule has 5 heteroatoms. The molecule has 5 nitrogen and oxygen atoms in total. The predicted molar refractivity (Wildman–Crippen MR) is 55.9 cm³/mol. The highest BCUT2D eigenvalue weighted by molar-refractivity contribution is 5.10. The highest BCUT2D eigenvalue weighted by atomic mass is 15.4. The van der Waals surface area contributed by atoms with Gasteiger partial charge in [-0.05, 0) is 18.8 Å². The molecule has 3 rings (SSSR count). The fraction of sp³-hybridized carbons (Fsp3) is 0.800. The summed E-state index contributed by atoms with van der Waals surface area (Å²) in [5.41, 5.74) is 7.43. The molecule has 0 spiro atoms. The molecule has 82 valence electrons. The number of hydrogen-bond donors (Lipinski definition) is 1. The number of aromatic nitrogens is 3. The van der Waals surface area contributed by atoms with Gasteiger partial charge in [0.15, 0.2) is 0 Å². The van der Waals surface area contributed by atoms with Crippen molar-refractivity contribution in [3.63, 3.8) is 0 Å². The van der Waals surface area contributed by atoms with E-state index in [4.69, 9.17) is 5.73 Å². The monoisotopic (exact) mass is 207 g/mol. The van der Waals surface area contributed by atoms with Crippen LogP contribution in [-0.2, 0) is 13.6 Å². The van der Waals surface area contributed by atoms with Gasteiger partial charge in [-0.1, -0.05) is 5.21 Å². The molecule has 1 aromatic heterocycles. The summed E-state index contributed by atoms with van der Waals surface area (Å²) >= 11 is 0. The van der Waals surface area contributed by atoms with Crippen molar-refractivity contribution in [3.8, 4) is 0 Å². The SMILES string of the molecule is Cn1cc(CN2CC(N)(C3CC3)C2)nn1. The summed E-state index contributed by atoms with van der Waals surface area (Å²) in [6.07, 6.45) is 4.62. The standard InChI is InChI=1S/C10H17N5/c1-14-4-9(12-13-14)5-15-6-10(11,7-15)8-2-3-8/h4,8H,2-3,5-7,11H2,1H3. The largest absolute Gasteiger partial charge is 0.323 e. The summed E-state index contributed by atoms with van der Waals surface area (Å²) in [5, 5.41) is 8.00. The number of nitrogens with two attached hydrogens (primary N) is 1. The molecule has 2 heterocycles. The molecule has 1 saturated carbocycles. The van der Waals surface area contributed by atoms with Gasteiger partial charge in [0.05, 0.1) is 5.69 Å². The van der Waals surface area contributed by atoms with Gasteiger partial charge in [0, 0.05) is 38.4 Å². The Morgan fingerprint density at radius 2 is 2.27 bits per heavy atom. The van der Waals surface area contributed by atoms with E-state index in [1.807, 2.05) is 13.2 Å². The molecule has 2 N–H and O–H groups in total. The molecule has 0 atom stereocenters. The zero-order valence-corrected chi connectivity index (χ0v) is 9.06. The lowest BCUT2D eigenvalue weighted by Crippen LogP contribution is -2.68. The Morgan fingerprint density at radius 1 is 1.53 bits per heavy atom. The maximum atomic E-state index is 6.27. The van der Waals surface area contributed by atoms with E-state index < -0.39 is 0 Å². The third kappa shape index (κ3) is 1.66. The first-order chi connectivity index (χ1) is 7.16. The van der Waals surface area contributed by atoms with Crippen molar-refractivity contribution in [2.24, 2.45) is 18.7 Å². The summed E-state index contributed by atoms with van der Waals surface area (Å²) in [7, 11) is 1.89. The molecule has 2 fully saturated rings. The maximum absolute atomic E-state index is 6.27. The summed E-state index contributed by atoms with van der Waals surface area (Å²) in [6, 6.07) is 0. The van der Waals surface area contributed by atoms with E-state index in [-0.39, 0.29) is 5.54 Å². The first kappa shape index (κ1) is 9.30. The molecule has 0 unspecified atom stereocenters. The van der Waals surface area contributed by atoms with E-state index in [9.17, 15) is 0 Å². The molecule has 0 radical (unpaired) electrons. The van der Waals surface area contributed by atoms with E-state index in [0.717, 1.165) is 31.2 Å². The molecular weight excluding hydrogens is 190 g/mol. The molecule has 1 aromatic rings. The normalized spacial score (nSPS) is 25.2. The number of nitrogens with zero attached hydrogens (tertiary/aromatic N) is 4. The van der Waals surface area contributed by atoms with Crippen molar-refractivity contribution in [3.05, 3.63) is 11.9 Å². The second-order valence-electron chi connectivity index (χ2n) is 5.04. The van der Waals surface area contributed by atoms with Crippen LogP contribution in [0.1, 0.15) is 18.5 Å². The van der Waals surface area contributed by atoms with Crippen molar-refractivity contribution in [2.75, 3.05) is 13.1 Å². The predicted octanol–water partition coefficient (Wildman–Crippen LogP) is -0.262. The maximum Gasteiger partial charge on any atom is 0.0967 e. The van der Waals surface area contributed by atoms with E-state index in [2.05, 4.69) is 15.2 Å². The van der Waals surface area contributed by atoms with Crippen molar-refractivity contribution < 1.29 is 0 Å². The Kier molecular flexibility index (Phi) is 1.87. The third-order valence-electron chi connectivity index (χ3n) is 3.46. The summed E-state index contributed by atoms with van der Waals surface area (Å²) in [6.45, 7) is 2.93. The van der Waals surface area contributed by atoms with Crippen molar-refractivity contribution in [1.29, 1.82) is 0 Å². The van der Waals surface area contributed by atoms with Crippen LogP contribution in [0.15, 0.2) is 6.20 Å². The molecule has 0 amide bonds. The second-order valence-corrected chi connectivity index (χ2v) is 5.04. The van der Waals surface area contributed by atoms with E-state index in [0.29, 0.717) is 0 Å². The number of aryl methyl sites for hydroxylation is 1. The van der Waals surface area contributed by atoms with Crippen LogP contribution in [0.3, 0.4) is 0 Å². The first-order valence-corrected chi connectivity index (χ1v) is 5.52. The Labute approximate surface area is 89.2 Å². The van der Waals surface area contributed by atoms with Gasteiger partial charge < -0.3 is 5.73 Å². The van der Waals surface area contributed by atoms with Gasteiger partial charge in [-0.15, -0.1) is 5.10 Å². The average Bonchev–Trinajstić information content (AvgIpc) is 2.90. The molecule has 2 aliphatic rings. The first-order valence-electron chi connectivity index (χ1n) is 5.52. The molecule has 0 bridgehead atoms. The fourth-order valence-corrected chi connectivity index (χ4v) is 2.51. The van der Waals surface area contributed by atoms with Gasteiger partial charge >= 0.3 is 0 Å². The molecule has 15 heavy (non-hydrogen) atoms. The van der Waals surface area contributed by atoms with Crippen molar-refractivity contribution >= 4 is 0 Å². The Balaban J connectivity index is 1.55. The number of hydrogen-bond acceptors (Lipinski definition) is 4. The fourth-order valence-electron chi connectivity index (χ4n) is 2.51. The topological polar surface area (TPSA) is 60.0 Å². The molecular formula is C10H17N5. The van der Waals surface area contributed by atoms with Crippen molar-refractivity contribution in [2.45, 2.75) is 24.9 Å². The third-order valence-corrected chi connectivity index (χ3v) is 3.46. The lowest BCUT2D eigenvalue weighted by atomic mass is 9.86. The molecule has 0 aromatic carbocycles. The van der Waals surface area contributed by atoms with Gasteiger partial charge in [0.1, 0.15) is 0 Å². The lowest BCUT2D eigenvalue weighted by Gasteiger charge is -2.48. The van der Waals surface area contributed by atoms with E-state index in [1.54, 1.807) is 4.68 Å². The summed E-state index contributed by atoms with van der Waals surface area (Å²) in [5.74, 6) is 0.788. The van der Waals surface area contributed by atoms with E-state index in [1.165, 1.54) is 12.8 Å². The van der Waals surface area contributed by atoms with Gasteiger partial charge in [0.25, 0.3) is 0 Å². The van der Waals surface area contributed by atoms with Crippen LogP contribution < -0.4 is 5.73 Å². The highest BCUT2D eigenvalue weighted by Gasteiger charge is 2.50. The Bertz CT molecular complexity index is 362. The second kappa shape index (κ2) is 3.02. The number of rotatable bonds is 3. The average molecular weight is 207 g/mol. The van der Waals surface area contributed by atoms with Crippen LogP contribution in [0.25, 0.3) is 0 Å². The minimum atomic E-state index is 0.113. The van der Waals surface area contributed by atoms with Crippen LogP contribution in [-0.4, -0.2) is 38.5 Å². The zero-order valence-electron chi connectivity index (χ0n) is 9.06. The molecule has 1 aliphatic carbocycles. The Hall–Kier alpha value is -0.940. The van der Waals surface area contributed by atoms with Crippen molar-refractivity contribution in [1.82, 2.24) is 19.9 Å². The van der Waals surface area contributed by atoms with Crippen LogP contribution in [0, 0.1) is 5.92 Å². The zero-order chi connectivity index (χ0) is 10.5. The van der Waals surface area contributed by atoms with Crippen LogP contribution >= 0.6 is 0 Å². The highest BCUT2D eigenvalue weighted by Crippen LogP contribution is 2.43. The summed E-state index contributed by atoms with van der Waals surface area (Å²) in [4.78, 5) is 2.35. The van der Waals surface area contributed by atoms with Crippen LogP contribution in [0.4, 0.5) is 0 Å². The number of likely N-dealkylation sites (tertiary alicyclic amines) is 1. The van der Waals surface area contributed by atoms with Crippen LogP contribution in [0.2, 0.25) is 0 Å². The quantitative estimate of drug-likeness (QED) is 0.741. The molecule has 1 aliphatic heterocycles. The minimum absolute atomic E-state index is 0.113. The Morgan fingerprint density at radius 3 is 2.80 bits per heavy atom. The minimum Gasteiger partial charge on any atom is -0.323 e. The lowest BCUT2D eigenvalue weighted by molar-refractivity contribution is 0.0467. The van der Waals surface area contributed by atoms with Gasteiger partial charge in [-0.2, -0.15) is 0 Å². The van der Waals surface area contributed by atoms with Gasteiger partial charge in [-0.25, -0.2) is 0 Å². The summed E-state index contributed by atoms with van der Waals surface area (Å²) < 4.78 is 1.74. The van der Waals surface area contributed by atoms with Gasteiger partial charge in [-0.3, -0.25) is 9.58 Å². The van der Waals surface area contributed by atoms with Gasteiger partial charge in [0.2, 0.25) is 0 Å². The smallest absolute Gasteiger partial charge is 0.0967 e. The van der Waals surface area contributed by atoms with Crippen LogP contribution in [0.5, 0.6) is 0 Å². The molecule has 1 saturated heterocycles. The van der Waals surface area contributed by atoms with E-state index >= 15 is 0 Å².